The van der Waals surface area contributed by atoms with Gasteiger partial charge < -0.3 is 4.74 Å². The van der Waals surface area contributed by atoms with Gasteiger partial charge in [-0.05, 0) is 18.6 Å². The third-order valence-corrected chi connectivity index (χ3v) is 3.71. The van der Waals surface area contributed by atoms with E-state index in [4.69, 9.17) is 0 Å². The molecule has 0 radical (unpaired) electrons. The number of esters is 1. The molecule has 9 heteroatoms. The largest absolute Gasteiger partial charge is 0.464 e. The number of benzene rings is 1. The molecule has 2 aromatic rings. The molecule has 144 valence electrons. The van der Waals surface area contributed by atoms with Gasteiger partial charge >= 0.3 is 17.8 Å². The number of carbonyl (C=O) groups is 2. The number of carbonyl (C=O) groups excluding carboxylic acids is 2. The molecule has 0 fully saturated rings. The van der Waals surface area contributed by atoms with Crippen molar-refractivity contribution in [2.24, 2.45) is 0 Å². The molecule has 0 saturated carbocycles. The van der Waals surface area contributed by atoms with Crippen molar-refractivity contribution in [2.75, 3.05) is 12.4 Å². The molecule has 3 N–H and O–H groups in total. The summed E-state index contributed by atoms with van der Waals surface area (Å²) in [6, 6.07) is 12.6. The number of ether oxygens (including phenoxy) is 1. The predicted molar refractivity (Wildman–Crippen MR) is 90.4 cm³/mol. The first-order valence-electron chi connectivity index (χ1n) is 7.95. The zero-order chi connectivity index (χ0) is 20.1. The van der Waals surface area contributed by atoms with Crippen LogP contribution in [0.4, 0.5) is 19.0 Å². The minimum Gasteiger partial charge on any atom is -0.464 e. The normalized spacial score (nSPS) is 13.4. The van der Waals surface area contributed by atoms with Gasteiger partial charge in [0.25, 0.3) is 5.82 Å². The van der Waals surface area contributed by atoms with Gasteiger partial charge in [-0.25, -0.2) is 15.1 Å². The fourth-order valence-corrected chi connectivity index (χ4v) is 2.44. The Bertz CT molecular complexity index is 812. The van der Waals surface area contributed by atoms with Gasteiger partial charge in [-0.15, -0.1) is 0 Å². The van der Waals surface area contributed by atoms with Gasteiger partial charge in [0.05, 0.1) is 19.2 Å². The standard InChI is InChI=1S/C18H18F3N3O3/c1-12-7-6-10-14(22-12)23-17(16(26)27-2,18(19,20)21)24-15(25)11-13-8-4-3-5-9-13/h3-10H,11H2,1-2H3,(H,22,23)(H,24,25)/p+1/t17-/m1/s1. The minimum absolute atomic E-state index is 0.113. The molecule has 0 saturated heterocycles. The number of pyridine rings is 1. The van der Waals surface area contributed by atoms with E-state index in [9.17, 15) is 22.8 Å². The number of rotatable bonds is 6. The molecule has 0 bridgehead atoms. The van der Waals surface area contributed by atoms with E-state index in [-0.39, 0.29) is 12.2 Å². The lowest BCUT2D eigenvalue weighted by molar-refractivity contribution is -0.372. The first-order valence-corrected chi connectivity index (χ1v) is 7.95. The summed E-state index contributed by atoms with van der Waals surface area (Å²) in [4.78, 5) is 27.1. The topological polar surface area (TPSA) is 81.6 Å². The molecule has 0 aliphatic rings. The van der Waals surface area contributed by atoms with Crippen LogP contribution in [-0.2, 0) is 20.7 Å². The SMILES string of the molecule is COC(=O)[C@](NC(=O)Cc1ccccc1)(Nc1cccc(C)[nH+]1)C(F)(F)F. The fraction of sp³-hybridized carbons (Fsp3) is 0.278. The number of hydrogen-bond donors (Lipinski definition) is 2. The molecular formula is C18H19F3N3O3+. The Morgan fingerprint density at radius 2 is 1.74 bits per heavy atom. The minimum atomic E-state index is -5.18. The van der Waals surface area contributed by atoms with Crippen molar-refractivity contribution in [1.29, 1.82) is 0 Å². The molecule has 1 aromatic carbocycles. The summed E-state index contributed by atoms with van der Waals surface area (Å²) in [5, 5.41) is 3.82. The van der Waals surface area contributed by atoms with E-state index in [1.54, 1.807) is 48.6 Å². The molecule has 1 heterocycles. The van der Waals surface area contributed by atoms with E-state index in [0.717, 1.165) is 7.11 Å². The smallest absolute Gasteiger partial charge is 0.464 e. The zero-order valence-corrected chi connectivity index (χ0v) is 14.7. The van der Waals surface area contributed by atoms with Crippen LogP contribution in [0.5, 0.6) is 0 Å². The maximum absolute atomic E-state index is 13.9. The van der Waals surface area contributed by atoms with Gasteiger partial charge in [-0.1, -0.05) is 36.4 Å². The van der Waals surface area contributed by atoms with Crippen molar-refractivity contribution >= 4 is 17.7 Å². The maximum atomic E-state index is 13.9. The molecule has 27 heavy (non-hydrogen) atoms. The van der Waals surface area contributed by atoms with Gasteiger partial charge in [0.2, 0.25) is 5.91 Å². The predicted octanol–water partition coefficient (Wildman–Crippen LogP) is 2.01. The average molecular weight is 382 g/mol. The van der Waals surface area contributed by atoms with Crippen LogP contribution >= 0.6 is 0 Å². The lowest BCUT2D eigenvalue weighted by Gasteiger charge is -2.30. The van der Waals surface area contributed by atoms with E-state index >= 15 is 0 Å². The summed E-state index contributed by atoms with van der Waals surface area (Å²) in [5.74, 6) is -2.80. The Kier molecular flexibility index (Phi) is 6.04. The Labute approximate surface area is 153 Å². The monoisotopic (exact) mass is 382 g/mol. The van der Waals surface area contributed by atoms with E-state index in [2.05, 4.69) is 15.0 Å². The fourth-order valence-electron chi connectivity index (χ4n) is 2.44. The number of hydrogen-bond acceptors (Lipinski definition) is 4. The Hall–Kier alpha value is -3.10. The number of anilines is 1. The Balaban J connectivity index is 2.38. The van der Waals surface area contributed by atoms with Gasteiger partial charge in [-0.2, -0.15) is 13.2 Å². The van der Waals surface area contributed by atoms with Crippen molar-refractivity contribution in [3.63, 3.8) is 0 Å². The number of nitrogens with one attached hydrogen (secondary N) is 3. The lowest BCUT2D eigenvalue weighted by atomic mass is 10.1. The summed E-state index contributed by atoms with van der Waals surface area (Å²) in [6.07, 6.45) is -5.51. The van der Waals surface area contributed by atoms with Crippen LogP contribution in [0, 0.1) is 6.92 Å². The highest BCUT2D eigenvalue weighted by Gasteiger charge is 2.67. The van der Waals surface area contributed by atoms with E-state index < -0.39 is 23.7 Å². The number of aromatic nitrogens is 1. The molecule has 0 spiro atoms. The quantitative estimate of drug-likeness (QED) is 0.592. The van der Waals surface area contributed by atoms with Crippen LogP contribution in [0.25, 0.3) is 0 Å². The number of alkyl halides is 3. The molecule has 1 atom stereocenters. The second kappa shape index (κ2) is 8.07. The highest BCUT2D eigenvalue weighted by Crippen LogP contribution is 2.32. The van der Waals surface area contributed by atoms with Crippen molar-refractivity contribution in [2.45, 2.75) is 25.2 Å². The number of methoxy groups -OCH3 is 1. The number of aromatic amines is 1. The van der Waals surface area contributed by atoms with E-state index in [1.165, 1.54) is 12.1 Å². The van der Waals surface area contributed by atoms with Crippen LogP contribution in [0.2, 0.25) is 0 Å². The third-order valence-electron chi connectivity index (χ3n) is 3.71. The molecule has 2 rings (SSSR count). The molecule has 6 nitrogen and oxygen atoms in total. The van der Waals surface area contributed by atoms with Crippen LogP contribution < -0.4 is 15.6 Å². The molecule has 0 aliphatic carbocycles. The zero-order valence-electron chi connectivity index (χ0n) is 14.7. The molecule has 1 amide bonds. The van der Waals surface area contributed by atoms with Crippen LogP contribution in [0.3, 0.4) is 0 Å². The van der Waals surface area contributed by atoms with Crippen molar-refractivity contribution in [3.8, 4) is 0 Å². The van der Waals surface area contributed by atoms with Crippen molar-refractivity contribution in [3.05, 3.63) is 59.8 Å². The second-order valence-electron chi connectivity index (χ2n) is 5.82. The summed E-state index contributed by atoms with van der Waals surface area (Å²) >= 11 is 0. The first-order chi connectivity index (χ1) is 12.7. The highest BCUT2D eigenvalue weighted by atomic mass is 19.4. The molecule has 1 aromatic heterocycles. The number of aryl methyl sites for hydroxylation is 1. The lowest BCUT2D eigenvalue weighted by Crippen LogP contribution is -2.69. The summed E-state index contributed by atoms with van der Waals surface area (Å²) < 4.78 is 46.1. The van der Waals surface area contributed by atoms with E-state index in [1.807, 2.05) is 0 Å². The Morgan fingerprint density at radius 1 is 1.07 bits per heavy atom. The second-order valence-corrected chi connectivity index (χ2v) is 5.82. The summed E-state index contributed by atoms with van der Waals surface area (Å²) in [6.45, 7) is 1.63. The average Bonchev–Trinajstić information content (AvgIpc) is 2.60. The number of amides is 1. The van der Waals surface area contributed by atoms with Crippen molar-refractivity contribution in [1.82, 2.24) is 5.32 Å². The van der Waals surface area contributed by atoms with Gasteiger partial charge in [-0.3, -0.25) is 10.1 Å². The van der Waals surface area contributed by atoms with Crippen molar-refractivity contribution < 1.29 is 32.5 Å². The van der Waals surface area contributed by atoms with Crippen LogP contribution in [-0.4, -0.2) is 30.8 Å². The van der Waals surface area contributed by atoms with Gasteiger partial charge in [0.1, 0.15) is 0 Å². The molecular weight excluding hydrogens is 363 g/mol. The maximum Gasteiger partial charge on any atom is 0.464 e. The first kappa shape index (κ1) is 20.2. The summed E-state index contributed by atoms with van der Waals surface area (Å²) in [5.41, 5.74) is -2.40. The van der Waals surface area contributed by atoms with Gasteiger partial charge in [0, 0.05) is 6.07 Å². The highest BCUT2D eigenvalue weighted by molar-refractivity contribution is 5.91. The molecule has 0 aliphatic heterocycles. The van der Waals surface area contributed by atoms with Crippen LogP contribution in [0.1, 0.15) is 11.3 Å². The number of H-pyrrole nitrogens is 1. The van der Waals surface area contributed by atoms with E-state index in [0.29, 0.717) is 11.3 Å². The summed E-state index contributed by atoms with van der Waals surface area (Å²) in [7, 11) is 0.813. The number of halogens is 3. The third kappa shape index (κ3) is 4.75. The van der Waals surface area contributed by atoms with Crippen LogP contribution in [0.15, 0.2) is 48.5 Å². The molecule has 0 unspecified atom stereocenters. The van der Waals surface area contributed by atoms with Gasteiger partial charge in [0.15, 0.2) is 0 Å². The Morgan fingerprint density at radius 3 is 2.30 bits per heavy atom.